The number of aliphatic hydroxyl groups excluding tert-OH is 1. The van der Waals surface area contributed by atoms with Gasteiger partial charge < -0.3 is 29.7 Å². The second-order valence-corrected chi connectivity index (χ2v) is 16.1. The number of fused-ring (bicyclic) bond motifs is 3. The number of benzene rings is 2. The number of amides is 3. The van der Waals surface area contributed by atoms with E-state index in [1.165, 1.54) is 5.56 Å². The zero-order valence-electron chi connectivity index (χ0n) is 29.9. The van der Waals surface area contributed by atoms with E-state index in [1.54, 1.807) is 4.90 Å². The third kappa shape index (κ3) is 8.39. The first-order valence-corrected chi connectivity index (χ1v) is 17.3. The van der Waals surface area contributed by atoms with Crippen LogP contribution in [0.1, 0.15) is 84.5 Å². The van der Waals surface area contributed by atoms with Crippen LogP contribution in [-0.2, 0) is 31.9 Å². The maximum Gasteiger partial charge on any atom is 0.410 e. The lowest BCUT2D eigenvalue weighted by Gasteiger charge is -2.42. The van der Waals surface area contributed by atoms with E-state index in [1.807, 2.05) is 108 Å². The molecule has 5 rings (SSSR count). The lowest BCUT2D eigenvalue weighted by atomic mass is 9.90. The lowest BCUT2D eigenvalue weighted by Crippen LogP contribution is -2.63. The number of carbonyl (C=O) groups excluding carboxylic acids is 3. The summed E-state index contributed by atoms with van der Waals surface area (Å²) >= 11 is 0. The van der Waals surface area contributed by atoms with Crippen molar-refractivity contribution < 1.29 is 29.0 Å². The molecular weight excluding hydrogens is 608 g/mol. The molecule has 2 aromatic rings. The molecule has 0 aromatic heterocycles. The van der Waals surface area contributed by atoms with Crippen molar-refractivity contribution in [3.63, 3.8) is 0 Å². The third-order valence-electron chi connectivity index (χ3n) is 9.30. The third-order valence-corrected chi connectivity index (χ3v) is 9.30. The van der Waals surface area contributed by atoms with E-state index < -0.39 is 41.0 Å². The Bertz CT molecular complexity index is 1470. The molecule has 0 unspecified atom stereocenters. The maximum atomic E-state index is 14.7. The fourth-order valence-electron chi connectivity index (χ4n) is 7.39. The minimum atomic E-state index is -0.904. The number of rotatable bonds is 8. The molecule has 0 bridgehead atoms. The van der Waals surface area contributed by atoms with Crippen molar-refractivity contribution in [3.8, 4) is 0 Å². The summed E-state index contributed by atoms with van der Waals surface area (Å²) in [6.07, 6.45) is -0.0621. The Balaban J connectivity index is 1.36. The molecule has 0 saturated carbocycles. The first-order valence-electron chi connectivity index (χ1n) is 17.3. The van der Waals surface area contributed by atoms with Gasteiger partial charge in [0, 0.05) is 44.1 Å². The molecule has 2 aromatic carbocycles. The summed E-state index contributed by atoms with van der Waals surface area (Å²) in [5, 5.41) is 14.7. The first kappa shape index (κ1) is 35.8. The van der Waals surface area contributed by atoms with Crippen molar-refractivity contribution in [1.29, 1.82) is 0 Å². The molecule has 0 spiro atoms. The average molecular weight is 663 g/mol. The van der Waals surface area contributed by atoms with Gasteiger partial charge in [0.15, 0.2) is 0 Å². The highest BCUT2D eigenvalue weighted by atomic mass is 16.6. The number of carbonyl (C=O) groups is 3. The molecule has 10 nitrogen and oxygen atoms in total. The summed E-state index contributed by atoms with van der Waals surface area (Å²) in [6, 6.07) is 17.2. The van der Waals surface area contributed by atoms with Crippen molar-refractivity contribution in [2.75, 3.05) is 26.2 Å². The van der Waals surface area contributed by atoms with Crippen molar-refractivity contribution in [3.05, 3.63) is 71.3 Å². The fourth-order valence-corrected chi connectivity index (χ4v) is 7.39. The van der Waals surface area contributed by atoms with E-state index in [0.29, 0.717) is 19.5 Å². The molecule has 262 valence electrons. The van der Waals surface area contributed by atoms with Crippen molar-refractivity contribution >= 4 is 17.9 Å². The average Bonchev–Trinajstić information content (AvgIpc) is 3.45. The van der Waals surface area contributed by atoms with Gasteiger partial charge in [-0.3, -0.25) is 14.5 Å². The topological polar surface area (TPSA) is 112 Å². The largest absolute Gasteiger partial charge is 0.444 e. The molecule has 10 heteroatoms. The predicted octanol–water partition coefficient (Wildman–Crippen LogP) is 4.69. The Morgan fingerprint density at radius 3 is 2.33 bits per heavy atom. The minimum absolute atomic E-state index is 0.0520. The Morgan fingerprint density at radius 2 is 1.67 bits per heavy atom. The Labute approximate surface area is 285 Å². The van der Waals surface area contributed by atoms with Gasteiger partial charge in [-0.1, -0.05) is 54.6 Å². The molecule has 2 saturated heterocycles. The van der Waals surface area contributed by atoms with Gasteiger partial charge in [-0.25, -0.2) is 4.79 Å². The van der Waals surface area contributed by atoms with E-state index in [0.717, 1.165) is 17.5 Å². The number of hydrogen-bond acceptors (Lipinski definition) is 7. The van der Waals surface area contributed by atoms with Gasteiger partial charge in [0.1, 0.15) is 17.4 Å². The van der Waals surface area contributed by atoms with Gasteiger partial charge in [-0.05, 0) is 84.9 Å². The molecule has 1 aliphatic carbocycles. The van der Waals surface area contributed by atoms with Gasteiger partial charge in [-0.15, -0.1) is 0 Å². The lowest BCUT2D eigenvalue weighted by molar-refractivity contribution is -0.153. The van der Waals surface area contributed by atoms with Crippen LogP contribution in [0.4, 0.5) is 4.79 Å². The number of nitrogens with zero attached hydrogens (tertiary/aromatic N) is 3. The highest BCUT2D eigenvalue weighted by Crippen LogP contribution is 2.49. The SMILES string of the molecule is CC(C)(C)NC(=O)[C@@H]1CN(C(=O)OC(C)(C)C)CCN1C[C@@H](O)C[C@@H](Cc1ccccc1)C(=O)N1[C@H]2c3ccccc3C[C@H]2OC1(C)C. The van der Waals surface area contributed by atoms with Crippen LogP contribution in [0.5, 0.6) is 0 Å². The van der Waals surface area contributed by atoms with Crippen LogP contribution in [0.25, 0.3) is 0 Å². The molecule has 2 aliphatic heterocycles. The fraction of sp³-hybridized carbons (Fsp3) is 0.605. The standard InChI is InChI=1S/C38H54N4O6/c1-36(2,3)39-33(44)30-24-41(35(46)48-37(4,5)6)19-18-40(30)23-28(43)21-27(20-25-14-10-9-11-15-25)34(45)42-32-29-17-13-12-16-26(29)22-31(32)47-38(42,7)8/h9-17,27-28,30-32,43H,18-24H2,1-8H3,(H,39,44)/t27-,28+,30+,31-,32+/m1/s1. The van der Waals surface area contributed by atoms with E-state index in [-0.39, 0.29) is 43.5 Å². The molecule has 3 aliphatic rings. The normalized spacial score (nSPS) is 23.6. The molecule has 2 N–H and O–H groups in total. The molecule has 48 heavy (non-hydrogen) atoms. The molecule has 2 fully saturated rings. The van der Waals surface area contributed by atoms with Crippen molar-refractivity contribution in [2.45, 2.75) is 116 Å². The number of hydrogen-bond donors (Lipinski definition) is 2. The number of nitrogens with one attached hydrogen (secondary N) is 1. The van der Waals surface area contributed by atoms with Gasteiger partial charge in [0.25, 0.3) is 0 Å². The van der Waals surface area contributed by atoms with E-state index in [2.05, 4.69) is 17.4 Å². The Hall–Kier alpha value is -3.47. The zero-order valence-corrected chi connectivity index (χ0v) is 29.9. The summed E-state index contributed by atoms with van der Waals surface area (Å²) in [5.41, 5.74) is 1.38. The van der Waals surface area contributed by atoms with Gasteiger partial charge in [0.2, 0.25) is 11.8 Å². The van der Waals surface area contributed by atoms with Gasteiger partial charge in [0.05, 0.1) is 18.2 Å². The Morgan fingerprint density at radius 1 is 1.00 bits per heavy atom. The molecule has 5 atom stereocenters. The van der Waals surface area contributed by atoms with Crippen LogP contribution in [-0.4, -0.2) is 99.0 Å². The smallest absolute Gasteiger partial charge is 0.410 e. The van der Waals surface area contributed by atoms with Gasteiger partial charge >= 0.3 is 6.09 Å². The summed E-state index contributed by atoms with van der Waals surface area (Å²) in [7, 11) is 0. The highest BCUT2D eigenvalue weighted by molar-refractivity contribution is 5.84. The van der Waals surface area contributed by atoms with Crippen LogP contribution < -0.4 is 5.32 Å². The summed E-state index contributed by atoms with van der Waals surface area (Å²) in [6.45, 7) is 16.1. The second-order valence-electron chi connectivity index (χ2n) is 16.1. The number of β-amino-alcohol motifs (C(OH)–C–C–N with tert-alkyl or cyclic N) is 1. The number of ether oxygens (including phenoxy) is 2. The number of piperazine rings is 1. The van der Waals surface area contributed by atoms with Crippen LogP contribution in [0.3, 0.4) is 0 Å². The highest BCUT2D eigenvalue weighted by Gasteiger charge is 2.54. The zero-order chi connectivity index (χ0) is 35.0. The van der Waals surface area contributed by atoms with Crippen molar-refractivity contribution in [2.24, 2.45) is 5.92 Å². The van der Waals surface area contributed by atoms with E-state index in [4.69, 9.17) is 9.47 Å². The molecule has 2 heterocycles. The number of aliphatic hydroxyl groups is 1. The molecule has 3 amide bonds. The van der Waals surface area contributed by atoms with Crippen LogP contribution in [0.2, 0.25) is 0 Å². The summed E-state index contributed by atoms with van der Waals surface area (Å²) in [5.74, 6) is -0.799. The minimum Gasteiger partial charge on any atom is -0.444 e. The van der Waals surface area contributed by atoms with Crippen molar-refractivity contribution in [1.82, 2.24) is 20.0 Å². The van der Waals surface area contributed by atoms with E-state index in [9.17, 15) is 19.5 Å². The second kappa shape index (κ2) is 13.8. The quantitative estimate of drug-likeness (QED) is 0.422. The maximum absolute atomic E-state index is 14.7. The molecular formula is C38H54N4O6. The van der Waals surface area contributed by atoms with E-state index >= 15 is 0 Å². The predicted molar refractivity (Wildman–Crippen MR) is 184 cm³/mol. The van der Waals surface area contributed by atoms with Crippen LogP contribution in [0, 0.1) is 5.92 Å². The van der Waals surface area contributed by atoms with Crippen LogP contribution in [0.15, 0.2) is 54.6 Å². The Kier molecular flexibility index (Phi) is 10.3. The summed E-state index contributed by atoms with van der Waals surface area (Å²) in [4.78, 5) is 46.7. The molecule has 0 radical (unpaired) electrons. The monoisotopic (exact) mass is 662 g/mol. The summed E-state index contributed by atoms with van der Waals surface area (Å²) < 4.78 is 12.1. The first-order chi connectivity index (χ1) is 22.4. The van der Waals surface area contributed by atoms with Gasteiger partial charge in [-0.2, -0.15) is 0 Å². The van der Waals surface area contributed by atoms with Crippen LogP contribution >= 0.6 is 0 Å².